The van der Waals surface area contributed by atoms with E-state index in [4.69, 9.17) is 16.3 Å². The number of aryl methyl sites for hydroxylation is 2. The van der Waals surface area contributed by atoms with Gasteiger partial charge in [0.25, 0.3) is 5.91 Å². The molecule has 3 aromatic rings. The fraction of sp³-hybridized carbons (Fsp3) is 0.250. The number of hydrogen-bond acceptors (Lipinski definition) is 4. The molecule has 0 unspecified atom stereocenters. The van der Waals surface area contributed by atoms with Crippen molar-refractivity contribution in [3.05, 3.63) is 62.9 Å². The molecule has 0 atom stereocenters. The maximum absolute atomic E-state index is 12.6. The summed E-state index contributed by atoms with van der Waals surface area (Å²) >= 11 is 7.25. The zero-order chi connectivity index (χ0) is 19.6. The Morgan fingerprint density at radius 1 is 1.15 bits per heavy atom. The van der Waals surface area contributed by atoms with Crippen LogP contribution < -0.4 is 4.80 Å². The number of amides is 1. The number of rotatable bonds is 4. The van der Waals surface area contributed by atoms with Crippen molar-refractivity contribution in [2.24, 2.45) is 4.99 Å². The van der Waals surface area contributed by atoms with Crippen LogP contribution in [0.2, 0.25) is 5.02 Å². The van der Waals surface area contributed by atoms with E-state index < -0.39 is 0 Å². The first-order chi connectivity index (χ1) is 12.9. The van der Waals surface area contributed by atoms with Crippen molar-refractivity contribution in [3.63, 3.8) is 0 Å². The van der Waals surface area contributed by atoms with Gasteiger partial charge in [-0.15, -0.1) is 0 Å². The van der Waals surface area contributed by atoms with Gasteiger partial charge >= 0.3 is 5.97 Å². The number of aromatic nitrogens is 1. The van der Waals surface area contributed by atoms with E-state index in [0.717, 1.165) is 21.3 Å². The van der Waals surface area contributed by atoms with Crippen molar-refractivity contribution < 1.29 is 14.3 Å². The van der Waals surface area contributed by atoms with E-state index in [2.05, 4.69) is 4.99 Å². The van der Waals surface area contributed by atoms with Gasteiger partial charge in [-0.05, 0) is 68.3 Å². The lowest BCUT2D eigenvalue weighted by Crippen LogP contribution is -2.23. The van der Waals surface area contributed by atoms with Crippen LogP contribution in [0, 0.1) is 13.8 Å². The third-order valence-corrected chi connectivity index (χ3v) is 5.47. The SMILES string of the molecule is CCOC(=O)Cn1c(=NC(=O)c2ccc(Cl)cc2)sc2cc(C)c(C)cc21. The normalized spacial score (nSPS) is 11.8. The van der Waals surface area contributed by atoms with Gasteiger partial charge in [-0.1, -0.05) is 22.9 Å². The van der Waals surface area contributed by atoms with Crippen LogP contribution in [0.3, 0.4) is 0 Å². The van der Waals surface area contributed by atoms with Gasteiger partial charge in [0.1, 0.15) is 6.54 Å². The first-order valence-electron chi connectivity index (χ1n) is 8.50. The number of fused-ring (bicyclic) bond motifs is 1. The van der Waals surface area contributed by atoms with Crippen molar-refractivity contribution in [3.8, 4) is 0 Å². The lowest BCUT2D eigenvalue weighted by atomic mass is 10.1. The summed E-state index contributed by atoms with van der Waals surface area (Å²) in [5, 5.41) is 0.553. The summed E-state index contributed by atoms with van der Waals surface area (Å²) in [5.41, 5.74) is 3.54. The largest absolute Gasteiger partial charge is 0.465 e. The minimum Gasteiger partial charge on any atom is -0.465 e. The quantitative estimate of drug-likeness (QED) is 0.612. The standard InChI is InChI=1S/C20H19ClN2O3S/c1-4-26-18(24)11-23-16-9-12(2)13(3)10-17(16)27-20(23)22-19(25)14-5-7-15(21)8-6-14/h5-10H,4,11H2,1-3H3. The van der Waals surface area contributed by atoms with Crippen molar-refractivity contribution in [2.45, 2.75) is 27.3 Å². The molecule has 5 nitrogen and oxygen atoms in total. The summed E-state index contributed by atoms with van der Waals surface area (Å²) in [6.07, 6.45) is 0. The summed E-state index contributed by atoms with van der Waals surface area (Å²) in [6, 6.07) is 10.6. The molecular weight excluding hydrogens is 384 g/mol. The van der Waals surface area contributed by atoms with Gasteiger partial charge in [-0.25, -0.2) is 0 Å². The summed E-state index contributed by atoms with van der Waals surface area (Å²) in [5.74, 6) is -0.750. The number of esters is 1. The highest BCUT2D eigenvalue weighted by atomic mass is 35.5. The number of ether oxygens (including phenoxy) is 1. The molecule has 3 rings (SSSR count). The molecule has 7 heteroatoms. The van der Waals surface area contributed by atoms with E-state index in [0.29, 0.717) is 22.0 Å². The summed E-state index contributed by atoms with van der Waals surface area (Å²) in [7, 11) is 0. The average Bonchev–Trinajstić information content (AvgIpc) is 2.92. The van der Waals surface area contributed by atoms with E-state index in [1.807, 2.05) is 26.0 Å². The fourth-order valence-electron chi connectivity index (χ4n) is 2.64. The molecule has 0 bridgehead atoms. The summed E-state index contributed by atoms with van der Waals surface area (Å²) in [6.45, 7) is 6.10. The first kappa shape index (κ1) is 19.3. The van der Waals surface area contributed by atoms with E-state index in [9.17, 15) is 9.59 Å². The summed E-state index contributed by atoms with van der Waals surface area (Å²) in [4.78, 5) is 29.4. The van der Waals surface area contributed by atoms with Crippen LogP contribution in [0.1, 0.15) is 28.4 Å². The molecular formula is C20H19ClN2O3S. The number of halogens is 1. The Morgan fingerprint density at radius 2 is 1.81 bits per heavy atom. The monoisotopic (exact) mass is 402 g/mol. The Morgan fingerprint density at radius 3 is 2.48 bits per heavy atom. The topological polar surface area (TPSA) is 60.7 Å². The molecule has 1 heterocycles. The Bertz CT molecular complexity index is 1080. The van der Waals surface area contributed by atoms with Crippen LogP contribution in [-0.4, -0.2) is 23.1 Å². The predicted octanol–water partition coefficient (Wildman–Crippen LogP) is 4.28. The average molecular weight is 403 g/mol. The molecule has 0 saturated heterocycles. The molecule has 2 aromatic carbocycles. The maximum Gasteiger partial charge on any atom is 0.326 e. The Hall–Kier alpha value is -2.44. The van der Waals surface area contributed by atoms with Gasteiger partial charge in [-0.3, -0.25) is 9.59 Å². The van der Waals surface area contributed by atoms with Gasteiger partial charge in [0.15, 0.2) is 4.80 Å². The van der Waals surface area contributed by atoms with Crippen LogP contribution in [0.5, 0.6) is 0 Å². The molecule has 0 aliphatic heterocycles. The van der Waals surface area contributed by atoms with Crippen molar-refractivity contribution in [2.75, 3.05) is 6.61 Å². The highest BCUT2D eigenvalue weighted by Gasteiger charge is 2.14. The fourth-order valence-corrected chi connectivity index (χ4v) is 3.87. The van der Waals surface area contributed by atoms with Gasteiger partial charge in [0.2, 0.25) is 0 Å². The molecule has 1 aromatic heterocycles. The summed E-state index contributed by atoms with van der Waals surface area (Å²) < 4.78 is 7.78. The molecule has 140 valence electrons. The second-order valence-corrected chi connectivity index (χ2v) is 7.55. The van der Waals surface area contributed by atoms with E-state index in [1.165, 1.54) is 11.3 Å². The van der Waals surface area contributed by atoms with Crippen molar-refractivity contribution >= 4 is 45.0 Å². The number of thiazole rings is 1. The third kappa shape index (κ3) is 4.28. The van der Waals surface area contributed by atoms with Crippen LogP contribution in [0.25, 0.3) is 10.2 Å². The molecule has 27 heavy (non-hydrogen) atoms. The lowest BCUT2D eigenvalue weighted by molar-refractivity contribution is -0.143. The minimum atomic E-state index is -0.385. The van der Waals surface area contributed by atoms with Crippen LogP contribution in [-0.2, 0) is 16.1 Å². The number of carbonyl (C=O) groups excluding carboxylic acids is 2. The highest BCUT2D eigenvalue weighted by molar-refractivity contribution is 7.16. The Kier molecular flexibility index (Phi) is 5.77. The minimum absolute atomic E-state index is 0.00305. The molecule has 1 amide bonds. The van der Waals surface area contributed by atoms with Crippen LogP contribution in [0.4, 0.5) is 0 Å². The third-order valence-electron chi connectivity index (χ3n) is 4.18. The molecule has 0 N–H and O–H groups in total. The highest BCUT2D eigenvalue weighted by Crippen LogP contribution is 2.22. The van der Waals surface area contributed by atoms with E-state index >= 15 is 0 Å². The zero-order valence-electron chi connectivity index (χ0n) is 15.3. The number of nitrogens with zero attached hydrogens (tertiary/aromatic N) is 2. The van der Waals surface area contributed by atoms with Gasteiger partial charge in [0, 0.05) is 10.6 Å². The van der Waals surface area contributed by atoms with Gasteiger partial charge in [0.05, 0.1) is 16.8 Å². The van der Waals surface area contributed by atoms with Crippen LogP contribution in [0.15, 0.2) is 41.4 Å². The van der Waals surface area contributed by atoms with E-state index in [-0.39, 0.29) is 18.4 Å². The zero-order valence-corrected chi connectivity index (χ0v) is 16.9. The first-order valence-corrected chi connectivity index (χ1v) is 9.69. The molecule has 0 saturated carbocycles. The molecule has 0 fully saturated rings. The second kappa shape index (κ2) is 8.06. The smallest absolute Gasteiger partial charge is 0.326 e. The number of hydrogen-bond donors (Lipinski definition) is 0. The maximum atomic E-state index is 12.6. The Labute approximate surface area is 165 Å². The van der Waals surface area contributed by atoms with Crippen molar-refractivity contribution in [1.82, 2.24) is 4.57 Å². The van der Waals surface area contributed by atoms with Gasteiger partial charge in [-0.2, -0.15) is 4.99 Å². The molecule has 0 aliphatic rings. The predicted molar refractivity (Wildman–Crippen MR) is 107 cm³/mol. The molecule has 0 spiro atoms. The second-order valence-electron chi connectivity index (χ2n) is 6.10. The number of carbonyl (C=O) groups is 2. The van der Waals surface area contributed by atoms with Crippen molar-refractivity contribution in [1.29, 1.82) is 0 Å². The van der Waals surface area contributed by atoms with E-state index in [1.54, 1.807) is 35.8 Å². The Balaban J connectivity index is 2.13. The van der Waals surface area contributed by atoms with Crippen LogP contribution >= 0.6 is 22.9 Å². The molecule has 0 radical (unpaired) electrons. The molecule has 0 aliphatic carbocycles. The number of benzene rings is 2. The van der Waals surface area contributed by atoms with Gasteiger partial charge < -0.3 is 9.30 Å². The lowest BCUT2D eigenvalue weighted by Gasteiger charge is -2.06.